The van der Waals surface area contributed by atoms with Gasteiger partial charge in [-0.05, 0) is 67.5 Å². The van der Waals surface area contributed by atoms with Crippen molar-refractivity contribution in [1.82, 2.24) is 4.98 Å². The van der Waals surface area contributed by atoms with E-state index in [-0.39, 0.29) is 0 Å². The zero-order chi connectivity index (χ0) is 13.9. The first-order valence-corrected chi connectivity index (χ1v) is 7.16. The summed E-state index contributed by atoms with van der Waals surface area (Å²) < 4.78 is 5.79. The second kappa shape index (κ2) is 5.63. The van der Waals surface area contributed by atoms with E-state index in [1.54, 1.807) is 19.2 Å². The summed E-state index contributed by atoms with van der Waals surface area (Å²) in [5, 5.41) is 9.46. The van der Waals surface area contributed by atoms with Gasteiger partial charge in [0, 0.05) is 12.3 Å². The summed E-state index contributed by atoms with van der Waals surface area (Å²) in [4.78, 5) is 4.23. The lowest BCUT2D eigenvalue weighted by Crippen LogP contribution is -2.02. The van der Waals surface area contributed by atoms with Crippen molar-refractivity contribution in [3.63, 3.8) is 0 Å². The number of aliphatic hydroxyl groups excluding tert-OH is 1. The highest BCUT2D eigenvalue weighted by Gasteiger charge is 2.10. The fourth-order valence-electron chi connectivity index (χ4n) is 2.59. The van der Waals surface area contributed by atoms with Crippen LogP contribution in [0.1, 0.15) is 42.6 Å². The second-order valence-corrected chi connectivity index (χ2v) is 5.35. The number of hydrogen-bond acceptors (Lipinski definition) is 3. The van der Waals surface area contributed by atoms with Crippen LogP contribution in [-0.4, -0.2) is 10.1 Å². The van der Waals surface area contributed by atoms with Gasteiger partial charge in [-0.2, -0.15) is 0 Å². The lowest BCUT2D eigenvalue weighted by molar-refractivity contribution is 0.198. The smallest absolute Gasteiger partial charge is 0.219 e. The Morgan fingerprint density at radius 3 is 2.60 bits per heavy atom. The number of aliphatic hydroxyl groups is 1. The minimum absolute atomic E-state index is 0.500. The summed E-state index contributed by atoms with van der Waals surface area (Å²) in [6, 6.07) is 9.92. The molecule has 0 unspecified atom stereocenters. The molecule has 0 saturated heterocycles. The number of pyridine rings is 1. The predicted octanol–water partition coefficient (Wildman–Crippen LogP) is 3.81. The van der Waals surface area contributed by atoms with Crippen molar-refractivity contribution in [2.24, 2.45) is 0 Å². The molecule has 20 heavy (non-hydrogen) atoms. The summed E-state index contributed by atoms with van der Waals surface area (Å²) >= 11 is 0. The Morgan fingerprint density at radius 1 is 1.10 bits per heavy atom. The molecule has 0 radical (unpaired) electrons. The van der Waals surface area contributed by atoms with E-state index in [2.05, 4.69) is 17.1 Å². The van der Waals surface area contributed by atoms with Crippen molar-refractivity contribution >= 4 is 0 Å². The van der Waals surface area contributed by atoms with E-state index < -0.39 is 6.10 Å². The maximum Gasteiger partial charge on any atom is 0.219 e. The zero-order valence-electron chi connectivity index (χ0n) is 11.7. The van der Waals surface area contributed by atoms with Crippen molar-refractivity contribution in [2.45, 2.75) is 38.7 Å². The van der Waals surface area contributed by atoms with E-state index >= 15 is 0 Å². The summed E-state index contributed by atoms with van der Waals surface area (Å²) in [7, 11) is 0. The van der Waals surface area contributed by atoms with Gasteiger partial charge in [-0.25, -0.2) is 4.98 Å². The Kier molecular flexibility index (Phi) is 3.70. The van der Waals surface area contributed by atoms with Crippen LogP contribution in [0.3, 0.4) is 0 Å². The molecule has 1 aromatic heterocycles. The topological polar surface area (TPSA) is 42.4 Å². The van der Waals surface area contributed by atoms with Gasteiger partial charge in [0.05, 0.1) is 6.10 Å². The van der Waals surface area contributed by atoms with Gasteiger partial charge in [0.15, 0.2) is 0 Å². The summed E-state index contributed by atoms with van der Waals surface area (Å²) in [5.41, 5.74) is 3.64. The average molecular weight is 269 g/mol. The molecule has 0 amide bonds. The molecule has 3 heteroatoms. The summed E-state index contributed by atoms with van der Waals surface area (Å²) in [5.74, 6) is 1.40. The number of aryl methyl sites for hydroxylation is 2. The molecule has 0 aliphatic heterocycles. The van der Waals surface area contributed by atoms with E-state index in [1.165, 1.54) is 30.4 Å². The number of fused-ring (bicyclic) bond motifs is 1. The summed E-state index contributed by atoms with van der Waals surface area (Å²) in [6.45, 7) is 1.72. The third-order valence-corrected chi connectivity index (χ3v) is 3.78. The van der Waals surface area contributed by atoms with Crippen molar-refractivity contribution in [3.8, 4) is 11.6 Å². The lowest BCUT2D eigenvalue weighted by atomic mass is 9.92. The molecular formula is C17H19NO2. The molecule has 1 aliphatic rings. The van der Waals surface area contributed by atoms with Gasteiger partial charge in [-0.15, -0.1) is 0 Å². The standard InChI is InChI=1S/C17H19NO2/c1-12(19)15-7-9-17(18-11-15)20-16-8-6-13-4-2-3-5-14(13)10-16/h6-12,19H,2-5H2,1H3/t12-/m0/s1. The highest BCUT2D eigenvalue weighted by atomic mass is 16.5. The van der Waals surface area contributed by atoms with Crippen molar-refractivity contribution in [1.29, 1.82) is 0 Å². The molecule has 3 nitrogen and oxygen atoms in total. The first kappa shape index (κ1) is 13.1. The van der Waals surface area contributed by atoms with Crippen molar-refractivity contribution in [2.75, 3.05) is 0 Å². The molecule has 1 aliphatic carbocycles. The first-order chi connectivity index (χ1) is 9.72. The van der Waals surface area contributed by atoms with Crippen LogP contribution in [0, 0.1) is 0 Å². The molecule has 1 heterocycles. The molecule has 1 aromatic carbocycles. The van der Waals surface area contributed by atoms with Crippen LogP contribution >= 0.6 is 0 Å². The maximum absolute atomic E-state index is 9.46. The monoisotopic (exact) mass is 269 g/mol. The Balaban J connectivity index is 1.77. The number of nitrogens with zero attached hydrogens (tertiary/aromatic N) is 1. The zero-order valence-corrected chi connectivity index (χ0v) is 11.7. The van der Waals surface area contributed by atoms with Crippen LogP contribution in [0.25, 0.3) is 0 Å². The Bertz CT molecular complexity index is 590. The number of benzene rings is 1. The minimum atomic E-state index is -0.500. The number of ether oxygens (including phenoxy) is 1. The SMILES string of the molecule is C[C@H](O)c1ccc(Oc2ccc3c(c2)CCCC3)nc1. The fraction of sp³-hybridized carbons (Fsp3) is 0.353. The molecule has 104 valence electrons. The van der Waals surface area contributed by atoms with E-state index in [0.717, 1.165) is 17.7 Å². The number of rotatable bonds is 3. The van der Waals surface area contributed by atoms with Gasteiger partial charge in [0.25, 0.3) is 0 Å². The Labute approximate surface area is 119 Å². The van der Waals surface area contributed by atoms with E-state index in [9.17, 15) is 5.11 Å². The molecule has 0 spiro atoms. The third-order valence-electron chi connectivity index (χ3n) is 3.78. The van der Waals surface area contributed by atoms with Crippen LogP contribution < -0.4 is 4.74 Å². The van der Waals surface area contributed by atoms with Crippen LogP contribution in [-0.2, 0) is 12.8 Å². The van der Waals surface area contributed by atoms with Crippen molar-refractivity contribution < 1.29 is 9.84 Å². The second-order valence-electron chi connectivity index (χ2n) is 5.35. The van der Waals surface area contributed by atoms with Gasteiger partial charge in [-0.3, -0.25) is 0 Å². The predicted molar refractivity (Wildman–Crippen MR) is 78.0 cm³/mol. The molecule has 1 atom stereocenters. The molecular weight excluding hydrogens is 250 g/mol. The van der Waals surface area contributed by atoms with Gasteiger partial charge in [0.2, 0.25) is 5.88 Å². The van der Waals surface area contributed by atoms with Crippen molar-refractivity contribution in [3.05, 3.63) is 53.2 Å². The van der Waals surface area contributed by atoms with E-state index in [1.807, 2.05) is 12.1 Å². The van der Waals surface area contributed by atoms with Gasteiger partial charge in [-0.1, -0.05) is 6.07 Å². The molecule has 2 aromatic rings. The largest absolute Gasteiger partial charge is 0.439 e. The summed E-state index contributed by atoms with van der Waals surface area (Å²) in [6.07, 6.45) is 6.02. The number of aromatic nitrogens is 1. The van der Waals surface area contributed by atoms with E-state index in [4.69, 9.17) is 4.74 Å². The molecule has 0 fully saturated rings. The molecule has 1 N–H and O–H groups in total. The Morgan fingerprint density at radius 2 is 1.90 bits per heavy atom. The number of hydrogen-bond donors (Lipinski definition) is 1. The molecule has 3 rings (SSSR count). The Hall–Kier alpha value is -1.87. The average Bonchev–Trinajstić information content (AvgIpc) is 2.48. The van der Waals surface area contributed by atoms with Crippen LogP contribution in [0.4, 0.5) is 0 Å². The van der Waals surface area contributed by atoms with Crippen LogP contribution in [0.2, 0.25) is 0 Å². The quantitative estimate of drug-likeness (QED) is 0.921. The fourth-order valence-corrected chi connectivity index (χ4v) is 2.59. The van der Waals surface area contributed by atoms with Crippen LogP contribution in [0.5, 0.6) is 11.6 Å². The maximum atomic E-state index is 9.46. The van der Waals surface area contributed by atoms with E-state index in [0.29, 0.717) is 5.88 Å². The highest BCUT2D eigenvalue weighted by Crippen LogP contribution is 2.28. The lowest BCUT2D eigenvalue weighted by Gasteiger charge is -2.16. The van der Waals surface area contributed by atoms with Crippen LogP contribution in [0.15, 0.2) is 36.5 Å². The van der Waals surface area contributed by atoms with Gasteiger partial charge >= 0.3 is 0 Å². The third kappa shape index (κ3) is 2.83. The normalized spacial score (nSPS) is 15.5. The van der Waals surface area contributed by atoms with Gasteiger partial charge in [0.1, 0.15) is 5.75 Å². The first-order valence-electron chi connectivity index (χ1n) is 7.16. The minimum Gasteiger partial charge on any atom is -0.439 e. The highest BCUT2D eigenvalue weighted by molar-refractivity contribution is 5.38. The molecule has 0 bridgehead atoms. The van der Waals surface area contributed by atoms with Gasteiger partial charge < -0.3 is 9.84 Å². The molecule has 0 saturated carbocycles.